The van der Waals surface area contributed by atoms with Crippen LogP contribution in [-0.2, 0) is 0 Å². The number of hydrogen-bond acceptors (Lipinski definition) is 2. The van der Waals surface area contributed by atoms with Gasteiger partial charge in [0, 0.05) is 31.7 Å². The minimum atomic E-state index is 0.559. The lowest BCUT2D eigenvalue weighted by Gasteiger charge is -2.42. The molecule has 1 aromatic rings. The molecule has 2 nitrogen and oxygen atoms in total. The van der Waals surface area contributed by atoms with Gasteiger partial charge in [-0.25, -0.2) is 0 Å². The first-order valence-electron chi connectivity index (χ1n) is 8.79. The molecule has 2 unspecified atom stereocenters. The van der Waals surface area contributed by atoms with Crippen LogP contribution in [-0.4, -0.2) is 30.6 Å². The van der Waals surface area contributed by atoms with Gasteiger partial charge in [-0.15, -0.1) is 0 Å². The molecule has 1 aliphatic carbocycles. The predicted octanol–water partition coefficient (Wildman–Crippen LogP) is 3.99. The Kier molecular flexibility index (Phi) is 4.66. The van der Waals surface area contributed by atoms with Gasteiger partial charge < -0.3 is 5.32 Å². The van der Waals surface area contributed by atoms with Crippen LogP contribution in [0.25, 0.3) is 0 Å². The average Bonchev–Trinajstić information content (AvgIpc) is 3.28. The van der Waals surface area contributed by atoms with Crippen LogP contribution in [0, 0.1) is 5.41 Å². The van der Waals surface area contributed by atoms with Crippen molar-refractivity contribution < 1.29 is 0 Å². The molecule has 2 fully saturated rings. The summed E-state index contributed by atoms with van der Waals surface area (Å²) in [6.07, 6.45) is 6.87. The smallest absolute Gasteiger partial charge is 0.0473 e. The van der Waals surface area contributed by atoms with Gasteiger partial charge in [0.25, 0.3) is 0 Å². The molecule has 0 bridgehead atoms. The third-order valence-electron chi connectivity index (χ3n) is 5.45. The topological polar surface area (TPSA) is 15.3 Å². The lowest BCUT2D eigenvalue weighted by molar-refractivity contribution is 0.0992. The quantitative estimate of drug-likeness (QED) is 0.850. The largest absolute Gasteiger partial charge is 0.311 e. The standard InChI is InChI=1S/C19H30N2/c1-3-10-19(11-12-19)15-21-14-17(4-2)20-13-18(21)16-8-6-5-7-9-16/h5-9,17-18,20H,3-4,10-15H2,1-2H3. The molecule has 0 amide bonds. The number of benzene rings is 1. The van der Waals surface area contributed by atoms with Crippen LogP contribution in [0.2, 0.25) is 0 Å². The number of piperazine rings is 1. The van der Waals surface area contributed by atoms with Crippen molar-refractivity contribution in [3.8, 4) is 0 Å². The number of rotatable bonds is 6. The van der Waals surface area contributed by atoms with E-state index < -0.39 is 0 Å². The number of hydrogen-bond donors (Lipinski definition) is 1. The fraction of sp³-hybridized carbons (Fsp3) is 0.684. The van der Waals surface area contributed by atoms with E-state index in [4.69, 9.17) is 0 Å². The summed E-state index contributed by atoms with van der Waals surface area (Å²) < 4.78 is 0. The SMILES string of the molecule is CCCC1(CN2CC(CC)NCC2c2ccccc2)CC1. The van der Waals surface area contributed by atoms with Crippen LogP contribution in [0.15, 0.2) is 30.3 Å². The van der Waals surface area contributed by atoms with Gasteiger partial charge in [0.1, 0.15) is 0 Å². The highest BCUT2D eigenvalue weighted by atomic mass is 15.2. The third kappa shape index (κ3) is 3.49. The minimum Gasteiger partial charge on any atom is -0.311 e. The van der Waals surface area contributed by atoms with Gasteiger partial charge in [-0.05, 0) is 36.7 Å². The van der Waals surface area contributed by atoms with Crippen molar-refractivity contribution in [1.82, 2.24) is 10.2 Å². The molecule has 2 heteroatoms. The van der Waals surface area contributed by atoms with Crippen LogP contribution in [0.1, 0.15) is 57.6 Å². The molecular weight excluding hydrogens is 256 g/mol. The summed E-state index contributed by atoms with van der Waals surface area (Å²) in [4.78, 5) is 2.78. The summed E-state index contributed by atoms with van der Waals surface area (Å²) in [5.74, 6) is 0. The highest BCUT2D eigenvalue weighted by Crippen LogP contribution is 2.51. The maximum atomic E-state index is 3.74. The Hall–Kier alpha value is -0.860. The van der Waals surface area contributed by atoms with Crippen molar-refractivity contribution in [3.63, 3.8) is 0 Å². The highest BCUT2D eigenvalue weighted by Gasteiger charge is 2.44. The van der Waals surface area contributed by atoms with E-state index in [1.807, 2.05) is 0 Å². The van der Waals surface area contributed by atoms with Crippen molar-refractivity contribution in [3.05, 3.63) is 35.9 Å². The molecule has 0 radical (unpaired) electrons. The van der Waals surface area contributed by atoms with Gasteiger partial charge in [-0.2, -0.15) is 0 Å². The molecule has 1 saturated carbocycles. The summed E-state index contributed by atoms with van der Waals surface area (Å²) in [5.41, 5.74) is 2.13. The molecule has 2 aliphatic rings. The summed E-state index contributed by atoms with van der Waals surface area (Å²) in [6, 6.07) is 12.3. The molecule has 1 saturated heterocycles. The van der Waals surface area contributed by atoms with E-state index >= 15 is 0 Å². The zero-order valence-electron chi connectivity index (χ0n) is 13.6. The van der Waals surface area contributed by atoms with E-state index in [2.05, 4.69) is 54.4 Å². The van der Waals surface area contributed by atoms with Gasteiger partial charge in [-0.3, -0.25) is 4.90 Å². The van der Waals surface area contributed by atoms with Crippen LogP contribution in [0.5, 0.6) is 0 Å². The lowest BCUT2D eigenvalue weighted by atomic mass is 9.94. The van der Waals surface area contributed by atoms with Gasteiger partial charge in [0.2, 0.25) is 0 Å². The Balaban J connectivity index is 1.74. The Morgan fingerprint density at radius 2 is 1.95 bits per heavy atom. The van der Waals surface area contributed by atoms with Gasteiger partial charge in [0.15, 0.2) is 0 Å². The van der Waals surface area contributed by atoms with Crippen LogP contribution >= 0.6 is 0 Å². The average molecular weight is 286 g/mol. The predicted molar refractivity (Wildman–Crippen MR) is 89.4 cm³/mol. The number of nitrogens with one attached hydrogen (secondary N) is 1. The third-order valence-corrected chi connectivity index (χ3v) is 5.45. The molecule has 21 heavy (non-hydrogen) atoms. The van der Waals surface area contributed by atoms with E-state index in [1.54, 1.807) is 0 Å². The second-order valence-corrected chi connectivity index (χ2v) is 7.12. The Morgan fingerprint density at radius 1 is 1.19 bits per heavy atom. The summed E-state index contributed by atoms with van der Waals surface area (Å²) >= 11 is 0. The lowest BCUT2D eigenvalue weighted by Crippen LogP contribution is -2.53. The monoisotopic (exact) mass is 286 g/mol. The normalized spacial score (nSPS) is 28.5. The van der Waals surface area contributed by atoms with E-state index in [0.717, 1.165) is 6.54 Å². The van der Waals surface area contributed by atoms with Gasteiger partial charge >= 0.3 is 0 Å². The van der Waals surface area contributed by atoms with E-state index in [9.17, 15) is 0 Å². The summed E-state index contributed by atoms with van der Waals surface area (Å²) in [7, 11) is 0. The van der Waals surface area contributed by atoms with Crippen molar-refractivity contribution >= 4 is 0 Å². The van der Waals surface area contributed by atoms with Gasteiger partial charge in [-0.1, -0.05) is 50.6 Å². The Morgan fingerprint density at radius 3 is 2.57 bits per heavy atom. The van der Waals surface area contributed by atoms with E-state index in [0.29, 0.717) is 17.5 Å². The second-order valence-electron chi connectivity index (χ2n) is 7.12. The molecule has 0 aromatic heterocycles. The van der Waals surface area contributed by atoms with Crippen molar-refractivity contribution in [2.75, 3.05) is 19.6 Å². The van der Waals surface area contributed by atoms with E-state index in [1.165, 1.54) is 50.8 Å². The van der Waals surface area contributed by atoms with Crippen LogP contribution < -0.4 is 5.32 Å². The fourth-order valence-electron chi connectivity index (χ4n) is 3.96. The maximum Gasteiger partial charge on any atom is 0.0473 e. The second kappa shape index (κ2) is 6.50. The molecule has 3 rings (SSSR count). The van der Waals surface area contributed by atoms with Crippen LogP contribution in [0.3, 0.4) is 0 Å². The molecule has 0 spiro atoms. The summed E-state index contributed by atoms with van der Waals surface area (Å²) in [6.45, 7) is 8.25. The molecule has 1 N–H and O–H groups in total. The molecule has 1 heterocycles. The highest BCUT2D eigenvalue weighted by molar-refractivity contribution is 5.20. The first-order chi connectivity index (χ1) is 10.3. The zero-order chi connectivity index (χ0) is 14.7. The van der Waals surface area contributed by atoms with Crippen molar-refractivity contribution in [2.24, 2.45) is 5.41 Å². The number of nitrogens with zero attached hydrogens (tertiary/aromatic N) is 1. The fourth-order valence-corrected chi connectivity index (χ4v) is 3.96. The molecule has 2 atom stereocenters. The Bertz CT molecular complexity index is 438. The summed E-state index contributed by atoms with van der Waals surface area (Å²) in [5, 5.41) is 3.74. The first-order valence-corrected chi connectivity index (χ1v) is 8.79. The molecule has 1 aliphatic heterocycles. The minimum absolute atomic E-state index is 0.559. The molecule has 116 valence electrons. The molecule has 1 aromatic carbocycles. The zero-order valence-corrected chi connectivity index (χ0v) is 13.6. The first kappa shape index (κ1) is 15.1. The van der Waals surface area contributed by atoms with E-state index in [-0.39, 0.29) is 0 Å². The maximum absolute atomic E-state index is 3.74. The Labute approximate surface area is 129 Å². The van der Waals surface area contributed by atoms with Crippen molar-refractivity contribution in [1.29, 1.82) is 0 Å². The van der Waals surface area contributed by atoms with Crippen LogP contribution in [0.4, 0.5) is 0 Å². The molecular formula is C19H30N2. The van der Waals surface area contributed by atoms with Gasteiger partial charge in [0.05, 0.1) is 0 Å². The van der Waals surface area contributed by atoms with Crippen molar-refractivity contribution in [2.45, 2.75) is 58.0 Å².